The van der Waals surface area contributed by atoms with Gasteiger partial charge in [-0.3, -0.25) is 15.3 Å². The normalized spacial score (nSPS) is 24.6. The van der Waals surface area contributed by atoms with Gasteiger partial charge < -0.3 is 19.3 Å². The third kappa shape index (κ3) is 5.41. The van der Waals surface area contributed by atoms with Gasteiger partial charge in [-0.2, -0.15) is 0 Å². The molecule has 1 fully saturated rings. The van der Waals surface area contributed by atoms with Crippen LogP contribution in [0.1, 0.15) is 48.0 Å². The third-order valence-corrected chi connectivity index (χ3v) is 6.25. The van der Waals surface area contributed by atoms with Crippen LogP contribution >= 0.6 is 0 Å². The van der Waals surface area contributed by atoms with Crippen molar-refractivity contribution in [3.63, 3.8) is 0 Å². The summed E-state index contributed by atoms with van der Waals surface area (Å²) in [6, 6.07) is 2.09. The largest absolute Gasteiger partial charge is 0.499 e. The van der Waals surface area contributed by atoms with Gasteiger partial charge >= 0.3 is 0 Å². The van der Waals surface area contributed by atoms with E-state index in [0.717, 1.165) is 49.1 Å². The van der Waals surface area contributed by atoms with Gasteiger partial charge in [-0.05, 0) is 67.4 Å². The number of nitrogens with one attached hydrogen (secondary N) is 1. The molecule has 1 aromatic rings. The number of allylic oxidation sites excluding steroid dienone is 3. The Bertz CT molecular complexity index is 865. The molecule has 0 bridgehead atoms. The smallest absolute Gasteiger partial charge is 0.151 e. The van der Waals surface area contributed by atoms with Crippen molar-refractivity contribution in [2.45, 2.75) is 56.9 Å². The Balaban J connectivity index is 1.61. The van der Waals surface area contributed by atoms with Gasteiger partial charge in [-0.25, -0.2) is 0 Å². The molecule has 31 heavy (non-hydrogen) atoms. The van der Waals surface area contributed by atoms with Crippen LogP contribution in [-0.4, -0.2) is 62.4 Å². The molecule has 0 spiro atoms. The van der Waals surface area contributed by atoms with Crippen molar-refractivity contribution < 1.29 is 19.3 Å². The lowest BCUT2D eigenvalue weighted by Crippen LogP contribution is -2.48. The summed E-state index contributed by atoms with van der Waals surface area (Å²) in [4.78, 5) is 9.48. The number of nitrogens with zero attached hydrogens (tertiary/aromatic N) is 2. The highest BCUT2D eigenvalue weighted by atomic mass is 16.5. The first-order chi connectivity index (χ1) is 15.2. The molecule has 0 saturated carbocycles. The van der Waals surface area contributed by atoms with E-state index in [-0.39, 0.29) is 12.3 Å². The number of methoxy groups -OCH3 is 2. The van der Waals surface area contributed by atoms with Crippen molar-refractivity contribution in [2.75, 3.05) is 34.0 Å². The van der Waals surface area contributed by atoms with Gasteiger partial charge in [-0.15, -0.1) is 0 Å². The van der Waals surface area contributed by atoms with E-state index in [1.54, 1.807) is 14.2 Å². The monoisotopic (exact) mass is 427 g/mol. The number of hydrogen-bond acceptors (Lipinski definition) is 7. The van der Waals surface area contributed by atoms with E-state index >= 15 is 0 Å². The molecule has 4 rings (SSSR count). The minimum absolute atomic E-state index is 0.0747. The van der Waals surface area contributed by atoms with Gasteiger partial charge in [0.2, 0.25) is 0 Å². The zero-order valence-corrected chi connectivity index (χ0v) is 18.5. The van der Waals surface area contributed by atoms with Gasteiger partial charge in [0.05, 0.1) is 32.1 Å². The van der Waals surface area contributed by atoms with Crippen LogP contribution in [0.15, 0.2) is 34.5 Å². The van der Waals surface area contributed by atoms with E-state index in [0.29, 0.717) is 19.8 Å². The zero-order chi connectivity index (χ0) is 21.6. The number of hydrogen-bond donors (Lipinski definition) is 2. The highest BCUT2D eigenvalue weighted by Crippen LogP contribution is 2.28. The maximum absolute atomic E-state index is 10.3. The number of rotatable bonds is 7. The molecule has 0 aromatic carbocycles. The molecule has 3 heterocycles. The van der Waals surface area contributed by atoms with E-state index in [9.17, 15) is 5.11 Å². The summed E-state index contributed by atoms with van der Waals surface area (Å²) in [6.45, 7) is 1.55. The van der Waals surface area contributed by atoms with Crippen molar-refractivity contribution in [1.29, 1.82) is 0 Å². The predicted molar refractivity (Wildman–Crippen MR) is 119 cm³/mol. The highest BCUT2D eigenvalue weighted by Gasteiger charge is 2.28. The fourth-order valence-electron chi connectivity index (χ4n) is 4.50. The Morgan fingerprint density at radius 1 is 1.26 bits per heavy atom. The van der Waals surface area contributed by atoms with Gasteiger partial charge in [0.25, 0.3) is 0 Å². The third-order valence-electron chi connectivity index (χ3n) is 6.25. The van der Waals surface area contributed by atoms with Gasteiger partial charge in [-0.1, -0.05) is 6.08 Å². The van der Waals surface area contributed by atoms with Crippen LogP contribution in [0.4, 0.5) is 0 Å². The highest BCUT2D eigenvalue weighted by molar-refractivity contribution is 5.80. The molecule has 0 amide bonds. The standard InChI is InChI=1S/C24H33N3O4/c1-29-18-8-7-16(13-25-14-18)11-17-12-22(26-20-6-4-3-5-19(17)20)24(30-2)27-21-9-10-31-15-23(21)28/h7-8,12-13,21,23-24,27-28H,3-6,9-11,14-15H2,1-2H3. The summed E-state index contributed by atoms with van der Waals surface area (Å²) >= 11 is 0. The summed E-state index contributed by atoms with van der Waals surface area (Å²) < 4.78 is 16.5. The molecule has 1 aromatic heterocycles. The van der Waals surface area contributed by atoms with Crippen molar-refractivity contribution in [2.24, 2.45) is 4.99 Å². The molecule has 7 heteroatoms. The Labute approximate surface area is 184 Å². The molecule has 0 radical (unpaired) electrons. The van der Waals surface area contributed by atoms with Crippen LogP contribution in [0.2, 0.25) is 0 Å². The molecular formula is C24H33N3O4. The fourth-order valence-corrected chi connectivity index (χ4v) is 4.50. The minimum Gasteiger partial charge on any atom is -0.499 e. The second-order valence-corrected chi connectivity index (χ2v) is 8.38. The number of aliphatic hydroxyl groups is 1. The van der Waals surface area contributed by atoms with Crippen LogP contribution < -0.4 is 5.32 Å². The molecule has 2 N–H and O–H groups in total. The molecule has 2 aliphatic heterocycles. The topological polar surface area (TPSA) is 85.2 Å². The summed E-state index contributed by atoms with van der Waals surface area (Å²) in [7, 11) is 3.36. The van der Waals surface area contributed by atoms with Crippen LogP contribution in [0.25, 0.3) is 0 Å². The van der Waals surface area contributed by atoms with Crippen LogP contribution in [0.3, 0.4) is 0 Å². The number of aryl methyl sites for hydroxylation is 1. The van der Waals surface area contributed by atoms with Crippen molar-refractivity contribution in [3.8, 4) is 0 Å². The van der Waals surface area contributed by atoms with Crippen molar-refractivity contribution in [3.05, 3.63) is 52.1 Å². The summed E-state index contributed by atoms with van der Waals surface area (Å²) in [6.07, 6.45) is 11.1. The maximum Gasteiger partial charge on any atom is 0.151 e. The molecule has 3 atom stereocenters. The Kier molecular flexibility index (Phi) is 7.50. The van der Waals surface area contributed by atoms with Crippen LogP contribution in [0.5, 0.6) is 0 Å². The van der Waals surface area contributed by atoms with Gasteiger partial charge in [0.15, 0.2) is 6.23 Å². The average Bonchev–Trinajstić information content (AvgIpc) is 3.03. The Morgan fingerprint density at radius 2 is 2.13 bits per heavy atom. The average molecular weight is 428 g/mol. The number of pyridine rings is 1. The Hall–Kier alpha value is -2.06. The number of fused-ring (bicyclic) bond motifs is 1. The first-order valence-corrected chi connectivity index (χ1v) is 11.2. The number of ether oxygens (including phenoxy) is 3. The summed E-state index contributed by atoms with van der Waals surface area (Å²) in [5, 5.41) is 13.7. The molecule has 168 valence electrons. The number of aliphatic hydroxyl groups excluding tert-OH is 1. The fraction of sp³-hybridized carbons (Fsp3) is 0.583. The van der Waals surface area contributed by atoms with E-state index in [1.807, 2.05) is 12.3 Å². The summed E-state index contributed by atoms with van der Waals surface area (Å²) in [5.74, 6) is 0.863. The van der Waals surface area contributed by atoms with Crippen molar-refractivity contribution >= 4 is 6.21 Å². The summed E-state index contributed by atoms with van der Waals surface area (Å²) in [5.41, 5.74) is 5.85. The molecule has 7 nitrogen and oxygen atoms in total. The first-order valence-electron chi connectivity index (χ1n) is 11.2. The second kappa shape index (κ2) is 10.5. The molecular weight excluding hydrogens is 394 g/mol. The zero-order valence-electron chi connectivity index (χ0n) is 18.5. The SMILES string of the molecule is COC1=CC=C(Cc2cc(C(NC3CCOCC3O)OC)nc3c2CCCC3)C=NC1. The van der Waals surface area contributed by atoms with E-state index in [1.165, 1.54) is 23.2 Å². The van der Waals surface area contributed by atoms with Gasteiger partial charge in [0.1, 0.15) is 5.76 Å². The molecule has 3 aliphatic rings. The van der Waals surface area contributed by atoms with Gasteiger partial charge in [0, 0.05) is 31.7 Å². The number of aliphatic imine (C=N–C) groups is 1. The minimum atomic E-state index is -0.544. The molecule has 1 saturated heterocycles. The first kappa shape index (κ1) is 22.1. The van der Waals surface area contributed by atoms with E-state index in [2.05, 4.69) is 22.5 Å². The number of aromatic nitrogens is 1. The van der Waals surface area contributed by atoms with Crippen LogP contribution in [0, 0.1) is 0 Å². The lowest BCUT2D eigenvalue weighted by molar-refractivity contribution is -0.0491. The van der Waals surface area contributed by atoms with Crippen LogP contribution in [-0.2, 0) is 33.5 Å². The molecule has 1 aliphatic carbocycles. The molecule has 3 unspecified atom stereocenters. The van der Waals surface area contributed by atoms with E-state index < -0.39 is 6.10 Å². The second-order valence-electron chi connectivity index (χ2n) is 8.38. The predicted octanol–water partition coefficient (Wildman–Crippen LogP) is 2.43. The van der Waals surface area contributed by atoms with Crippen molar-refractivity contribution in [1.82, 2.24) is 10.3 Å². The lowest BCUT2D eigenvalue weighted by atomic mass is 9.89. The Morgan fingerprint density at radius 3 is 2.94 bits per heavy atom. The lowest BCUT2D eigenvalue weighted by Gasteiger charge is -2.32. The quantitative estimate of drug-likeness (QED) is 0.650. The maximum atomic E-state index is 10.3. The van der Waals surface area contributed by atoms with E-state index in [4.69, 9.17) is 19.2 Å².